The lowest BCUT2D eigenvalue weighted by Gasteiger charge is -2.40. The highest BCUT2D eigenvalue weighted by atomic mass is 32.1. The lowest BCUT2D eigenvalue weighted by molar-refractivity contribution is 0.116. The van der Waals surface area contributed by atoms with E-state index in [1.54, 1.807) is 0 Å². The summed E-state index contributed by atoms with van der Waals surface area (Å²) in [5.74, 6) is 0.687. The average Bonchev–Trinajstić information content (AvgIpc) is 2.80. The lowest BCUT2D eigenvalue weighted by atomic mass is 9.93. The van der Waals surface area contributed by atoms with E-state index in [0.717, 1.165) is 19.6 Å². The number of hydrogen-bond acceptors (Lipinski definition) is 4. The van der Waals surface area contributed by atoms with Gasteiger partial charge in [-0.05, 0) is 12.8 Å². The zero-order valence-corrected chi connectivity index (χ0v) is 14.5. The van der Waals surface area contributed by atoms with E-state index >= 15 is 0 Å². The van der Waals surface area contributed by atoms with Gasteiger partial charge in [-0.15, -0.1) is 11.3 Å². The first-order valence-electron chi connectivity index (χ1n) is 7.69. The van der Waals surface area contributed by atoms with Crippen LogP contribution in [0.1, 0.15) is 52.2 Å². The van der Waals surface area contributed by atoms with Crippen molar-refractivity contribution in [2.24, 2.45) is 5.92 Å². The Balaban J connectivity index is 2.02. The van der Waals surface area contributed by atoms with Gasteiger partial charge in [0.15, 0.2) is 0 Å². The minimum absolute atomic E-state index is 0.157. The van der Waals surface area contributed by atoms with Gasteiger partial charge < -0.3 is 5.32 Å². The van der Waals surface area contributed by atoms with Crippen LogP contribution in [-0.2, 0) is 12.0 Å². The van der Waals surface area contributed by atoms with Crippen LogP contribution in [0.5, 0.6) is 0 Å². The molecule has 0 saturated carbocycles. The van der Waals surface area contributed by atoms with Crippen LogP contribution >= 0.6 is 11.3 Å². The highest BCUT2D eigenvalue weighted by Crippen LogP contribution is 2.25. The van der Waals surface area contributed by atoms with Crippen molar-refractivity contribution in [1.29, 1.82) is 0 Å². The van der Waals surface area contributed by atoms with E-state index in [1.807, 2.05) is 11.3 Å². The van der Waals surface area contributed by atoms with Gasteiger partial charge in [-0.25, -0.2) is 4.98 Å². The molecule has 2 unspecified atom stereocenters. The summed E-state index contributed by atoms with van der Waals surface area (Å²) in [5, 5.41) is 7.13. The standard InChI is InChI=1S/C16H29N3S/c1-11(2)13-8-19(12(3)7-17-13)9-15-18-14(10-20-15)16(4,5)6/h10-13,17H,7-9H2,1-6H3. The fraction of sp³-hybridized carbons (Fsp3) is 0.812. The summed E-state index contributed by atoms with van der Waals surface area (Å²) in [6.45, 7) is 16.8. The van der Waals surface area contributed by atoms with E-state index in [1.165, 1.54) is 10.7 Å². The average molecular weight is 295 g/mol. The largest absolute Gasteiger partial charge is 0.311 e. The number of aromatic nitrogens is 1. The normalized spacial score (nSPS) is 25.4. The lowest BCUT2D eigenvalue weighted by Crippen LogP contribution is -2.56. The number of nitrogens with zero attached hydrogens (tertiary/aromatic N) is 2. The second kappa shape index (κ2) is 6.12. The molecule has 2 rings (SSSR count). The topological polar surface area (TPSA) is 28.2 Å². The first-order chi connectivity index (χ1) is 9.27. The van der Waals surface area contributed by atoms with Gasteiger partial charge in [0.2, 0.25) is 0 Å². The monoisotopic (exact) mass is 295 g/mol. The van der Waals surface area contributed by atoms with Crippen LogP contribution in [0.3, 0.4) is 0 Å². The minimum Gasteiger partial charge on any atom is -0.311 e. The molecule has 0 aliphatic carbocycles. The highest BCUT2D eigenvalue weighted by Gasteiger charge is 2.27. The molecule has 2 atom stereocenters. The van der Waals surface area contributed by atoms with E-state index in [-0.39, 0.29) is 5.41 Å². The quantitative estimate of drug-likeness (QED) is 0.928. The van der Waals surface area contributed by atoms with E-state index in [9.17, 15) is 0 Å². The molecule has 2 heterocycles. The molecular weight excluding hydrogens is 266 g/mol. The zero-order valence-electron chi connectivity index (χ0n) is 13.7. The van der Waals surface area contributed by atoms with Gasteiger partial charge in [-0.2, -0.15) is 0 Å². The van der Waals surface area contributed by atoms with Crippen molar-refractivity contribution in [1.82, 2.24) is 15.2 Å². The number of rotatable bonds is 3. The molecule has 114 valence electrons. The van der Waals surface area contributed by atoms with Crippen LogP contribution in [-0.4, -0.2) is 35.1 Å². The van der Waals surface area contributed by atoms with Crippen LogP contribution < -0.4 is 5.32 Å². The third-order valence-electron chi connectivity index (χ3n) is 4.19. The summed E-state index contributed by atoms with van der Waals surface area (Å²) in [6.07, 6.45) is 0. The van der Waals surface area contributed by atoms with E-state index in [0.29, 0.717) is 18.0 Å². The fourth-order valence-corrected chi connectivity index (χ4v) is 3.56. The van der Waals surface area contributed by atoms with Crippen molar-refractivity contribution in [3.8, 4) is 0 Å². The van der Waals surface area contributed by atoms with Gasteiger partial charge in [0.1, 0.15) is 5.01 Å². The first kappa shape index (κ1) is 15.9. The van der Waals surface area contributed by atoms with Crippen molar-refractivity contribution >= 4 is 11.3 Å². The molecule has 0 amide bonds. The molecule has 0 bridgehead atoms. The van der Waals surface area contributed by atoms with Crippen LogP contribution in [0, 0.1) is 5.92 Å². The second-order valence-electron chi connectivity index (χ2n) is 7.41. The highest BCUT2D eigenvalue weighted by molar-refractivity contribution is 7.09. The molecule has 4 heteroatoms. The van der Waals surface area contributed by atoms with Crippen molar-refractivity contribution < 1.29 is 0 Å². The van der Waals surface area contributed by atoms with Crippen molar-refractivity contribution in [2.45, 2.75) is 65.6 Å². The molecule has 1 aliphatic rings. The maximum Gasteiger partial charge on any atom is 0.107 e. The van der Waals surface area contributed by atoms with Gasteiger partial charge in [0.05, 0.1) is 12.2 Å². The Bertz CT molecular complexity index is 433. The Morgan fingerprint density at radius 3 is 2.70 bits per heavy atom. The smallest absolute Gasteiger partial charge is 0.107 e. The van der Waals surface area contributed by atoms with Gasteiger partial charge in [-0.1, -0.05) is 34.6 Å². The van der Waals surface area contributed by atoms with Crippen molar-refractivity contribution in [3.05, 3.63) is 16.1 Å². The van der Waals surface area contributed by atoms with E-state index < -0.39 is 0 Å². The Morgan fingerprint density at radius 2 is 2.15 bits per heavy atom. The Labute approximate surface area is 127 Å². The van der Waals surface area contributed by atoms with Crippen LogP contribution in [0.25, 0.3) is 0 Å². The molecule has 1 aliphatic heterocycles. The Morgan fingerprint density at radius 1 is 1.45 bits per heavy atom. The second-order valence-corrected chi connectivity index (χ2v) is 8.36. The summed E-state index contributed by atoms with van der Waals surface area (Å²) in [4.78, 5) is 7.41. The summed E-state index contributed by atoms with van der Waals surface area (Å²) in [5.41, 5.74) is 1.38. The zero-order chi connectivity index (χ0) is 14.9. The molecule has 1 fully saturated rings. The Kier molecular flexibility index (Phi) is 4.88. The van der Waals surface area contributed by atoms with Gasteiger partial charge >= 0.3 is 0 Å². The van der Waals surface area contributed by atoms with Gasteiger partial charge in [-0.3, -0.25) is 4.90 Å². The number of piperazine rings is 1. The molecule has 0 aromatic carbocycles. The molecular formula is C16H29N3S. The first-order valence-corrected chi connectivity index (χ1v) is 8.57. The maximum atomic E-state index is 4.84. The van der Waals surface area contributed by atoms with E-state index in [2.05, 4.69) is 57.1 Å². The third-order valence-corrected chi connectivity index (χ3v) is 5.03. The molecule has 3 nitrogen and oxygen atoms in total. The third kappa shape index (κ3) is 3.80. The van der Waals surface area contributed by atoms with Crippen LogP contribution in [0.15, 0.2) is 5.38 Å². The van der Waals surface area contributed by atoms with E-state index in [4.69, 9.17) is 4.98 Å². The molecule has 20 heavy (non-hydrogen) atoms. The number of thiazole rings is 1. The van der Waals surface area contributed by atoms with Gasteiger partial charge in [0, 0.05) is 36.0 Å². The Hall–Kier alpha value is -0.450. The predicted octanol–water partition coefficient (Wildman–Crippen LogP) is 3.26. The minimum atomic E-state index is 0.157. The summed E-state index contributed by atoms with van der Waals surface area (Å²) in [6, 6.07) is 1.19. The fourth-order valence-electron chi connectivity index (χ4n) is 2.52. The van der Waals surface area contributed by atoms with Crippen LogP contribution in [0.4, 0.5) is 0 Å². The molecule has 0 radical (unpaired) electrons. The van der Waals surface area contributed by atoms with Crippen molar-refractivity contribution in [3.63, 3.8) is 0 Å². The summed E-state index contributed by atoms with van der Waals surface area (Å²) >= 11 is 1.81. The molecule has 1 aromatic heterocycles. The van der Waals surface area contributed by atoms with Gasteiger partial charge in [0.25, 0.3) is 0 Å². The number of nitrogens with one attached hydrogen (secondary N) is 1. The van der Waals surface area contributed by atoms with Crippen LogP contribution in [0.2, 0.25) is 0 Å². The summed E-state index contributed by atoms with van der Waals surface area (Å²) < 4.78 is 0. The molecule has 1 N–H and O–H groups in total. The predicted molar refractivity (Wildman–Crippen MR) is 87.3 cm³/mol. The maximum absolute atomic E-state index is 4.84. The molecule has 1 saturated heterocycles. The number of hydrogen-bond donors (Lipinski definition) is 1. The molecule has 0 spiro atoms. The van der Waals surface area contributed by atoms with Crippen molar-refractivity contribution in [2.75, 3.05) is 13.1 Å². The summed E-state index contributed by atoms with van der Waals surface area (Å²) in [7, 11) is 0. The SMILES string of the molecule is CC(C)C1CN(Cc2nc(C(C)(C)C)cs2)C(C)CN1. The molecule has 1 aromatic rings.